The first-order valence-electron chi connectivity index (χ1n) is 6.54. The number of nitrogens with one attached hydrogen (secondary N) is 2. The Morgan fingerprint density at radius 3 is 2.62 bits per heavy atom. The first-order valence-corrected chi connectivity index (χ1v) is 6.54. The van der Waals surface area contributed by atoms with Gasteiger partial charge in [0.15, 0.2) is 0 Å². The van der Waals surface area contributed by atoms with Crippen molar-refractivity contribution < 1.29 is 4.79 Å². The third kappa shape index (κ3) is 4.52. The van der Waals surface area contributed by atoms with Crippen LogP contribution in [0.1, 0.15) is 53.4 Å². The number of hydrogen-bond donors (Lipinski definition) is 2. The van der Waals surface area contributed by atoms with Gasteiger partial charge in [-0.1, -0.05) is 13.8 Å². The standard InChI is InChI=1S/C13H26N2O/c1-9(2)5-8-13(16)15-12-7-6-10(3)14-11(12)4/h9-12,14H,5-8H2,1-4H3,(H,15,16). The summed E-state index contributed by atoms with van der Waals surface area (Å²) in [6, 6.07) is 1.29. The summed E-state index contributed by atoms with van der Waals surface area (Å²) >= 11 is 0. The highest BCUT2D eigenvalue weighted by Crippen LogP contribution is 2.13. The van der Waals surface area contributed by atoms with E-state index in [9.17, 15) is 4.79 Å². The van der Waals surface area contributed by atoms with Crippen LogP contribution in [-0.4, -0.2) is 24.0 Å². The molecule has 1 aliphatic rings. The molecule has 94 valence electrons. The van der Waals surface area contributed by atoms with Crippen LogP contribution in [-0.2, 0) is 4.79 Å². The fourth-order valence-electron chi connectivity index (χ4n) is 2.22. The molecule has 16 heavy (non-hydrogen) atoms. The van der Waals surface area contributed by atoms with E-state index >= 15 is 0 Å². The predicted molar refractivity (Wildman–Crippen MR) is 67.3 cm³/mol. The van der Waals surface area contributed by atoms with Crippen LogP contribution in [0.3, 0.4) is 0 Å². The van der Waals surface area contributed by atoms with Crippen molar-refractivity contribution in [1.29, 1.82) is 0 Å². The van der Waals surface area contributed by atoms with Gasteiger partial charge in [0.25, 0.3) is 0 Å². The molecule has 1 aliphatic heterocycles. The molecule has 0 aliphatic carbocycles. The Balaban J connectivity index is 2.28. The molecule has 3 unspecified atom stereocenters. The molecule has 0 radical (unpaired) electrons. The summed E-state index contributed by atoms with van der Waals surface area (Å²) in [5, 5.41) is 6.63. The van der Waals surface area contributed by atoms with Crippen LogP contribution in [0.25, 0.3) is 0 Å². The third-order valence-corrected chi connectivity index (χ3v) is 3.36. The average Bonchev–Trinajstić information content (AvgIpc) is 2.19. The molecule has 1 amide bonds. The highest BCUT2D eigenvalue weighted by atomic mass is 16.1. The monoisotopic (exact) mass is 226 g/mol. The number of hydrogen-bond acceptors (Lipinski definition) is 2. The molecule has 3 nitrogen and oxygen atoms in total. The van der Waals surface area contributed by atoms with E-state index < -0.39 is 0 Å². The molecule has 0 bridgehead atoms. The van der Waals surface area contributed by atoms with E-state index in [2.05, 4.69) is 38.3 Å². The van der Waals surface area contributed by atoms with Gasteiger partial charge in [-0.25, -0.2) is 0 Å². The van der Waals surface area contributed by atoms with E-state index in [-0.39, 0.29) is 5.91 Å². The predicted octanol–water partition coefficient (Wildman–Crippen LogP) is 2.07. The van der Waals surface area contributed by atoms with Crippen molar-refractivity contribution in [1.82, 2.24) is 10.6 Å². The number of piperidine rings is 1. The van der Waals surface area contributed by atoms with Gasteiger partial charge in [-0.2, -0.15) is 0 Å². The van der Waals surface area contributed by atoms with Crippen molar-refractivity contribution in [3.8, 4) is 0 Å². The fraction of sp³-hybridized carbons (Fsp3) is 0.923. The highest BCUT2D eigenvalue weighted by molar-refractivity contribution is 5.76. The minimum Gasteiger partial charge on any atom is -0.352 e. The van der Waals surface area contributed by atoms with E-state index in [1.54, 1.807) is 0 Å². The van der Waals surface area contributed by atoms with Crippen LogP contribution in [0.15, 0.2) is 0 Å². The largest absolute Gasteiger partial charge is 0.352 e. The van der Waals surface area contributed by atoms with E-state index in [1.807, 2.05) is 0 Å². The highest BCUT2D eigenvalue weighted by Gasteiger charge is 2.25. The molecule has 0 aromatic carbocycles. The summed E-state index contributed by atoms with van der Waals surface area (Å²) in [5.41, 5.74) is 0. The molecule has 1 rings (SSSR count). The molecule has 0 aromatic heterocycles. The summed E-state index contributed by atoms with van der Waals surface area (Å²) < 4.78 is 0. The van der Waals surface area contributed by atoms with Crippen LogP contribution in [0.5, 0.6) is 0 Å². The zero-order chi connectivity index (χ0) is 12.1. The van der Waals surface area contributed by atoms with E-state index in [0.29, 0.717) is 30.5 Å². The van der Waals surface area contributed by atoms with Gasteiger partial charge < -0.3 is 10.6 Å². The quantitative estimate of drug-likeness (QED) is 0.770. The molecule has 0 spiro atoms. The van der Waals surface area contributed by atoms with Gasteiger partial charge in [0.05, 0.1) is 0 Å². The van der Waals surface area contributed by atoms with Crippen molar-refractivity contribution >= 4 is 5.91 Å². The second-order valence-corrected chi connectivity index (χ2v) is 5.54. The minimum absolute atomic E-state index is 0.210. The molecule has 3 atom stereocenters. The minimum atomic E-state index is 0.210. The summed E-state index contributed by atoms with van der Waals surface area (Å²) in [6.45, 7) is 8.66. The zero-order valence-corrected chi connectivity index (χ0v) is 11.0. The SMILES string of the molecule is CC(C)CCC(=O)NC1CCC(C)NC1C. The Hall–Kier alpha value is -0.570. The van der Waals surface area contributed by atoms with Crippen molar-refractivity contribution in [2.24, 2.45) is 5.92 Å². The molecule has 1 saturated heterocycles. The van der Waals surface area contributed by atoms with Gasteiger partial charge in [0.1, 0.15) is 0 Å². The van der Waals surface area contributed by atoms with E-state index in [1.165, 1.54) is 0 Å². The van der Waals surface area contributed by atoms with Crippen LogP contribution in [0.4, 0.5) is 0 Å². The first kappa shape index (κ1) is 13.5. The molecular weight excluding hydrogens is 200 g/mol. The van der Waals surface area contributed by atoms with Crippen molar-refractivity contribution in [2.45, 2.75) is 71.5 Å². The van der Waals surface area contributed by atoms with Crippen molar-refractivity contribution in [3.05, 3.63) is 0 Å². The van der Waals surface area contributed by atoms with Crippen molar-refractivity contribution in [3.63, 3.8) is 0 Å². The van der Waals surface area contributed by atoms with E-state index in [4.69, 9.17) is 0 Å². The summed E-state index contributed by atoms with van der Waals surface area (Å²) in [6.07, 6.45) is 3.90. The Morgan fingerprint density at radius 2 is 2.06 bits per heavy atom. The zero-order valence-electron chi connectivity index (χ0n) is 11.0. The van der Waals surface area contributed by atoms with Crippen LogP contribution >= 0.6 is 0 Å². The van der Waals surface area contributed by atoms with Crippen LogP contribution in [0, 0.1) is 5.92 Å². The lowest BCUT2D eigenvalue weighted by atomic mass is 9.95. The summed E-state index contributed by atoms with van der Waals surface area (Å²) in [4.78, 5) is 11.7. The van der Waals surface area contributed by atoms with Gasteiger partial charge in [-0.15, -0.1) is 0 Å². The lowest BCUT2D eigenvalue weighted by Gasteiger charge is -2.34. The van der Waals surface area contributed by atoms with Gasteiger partial charge in [-0.05, 0) is 39.0 Å². The molecule has 3 heteroatoms. The number of carbonyl (C=O) groups is 1. The molecule has 1 heterocycles. The molecule has 2 N–H and O–H groups in total. The average molecular weight is 226 g/mol. The molecule has 1 fully saturated rings. The lowest BCUT2D eigenvalue weighted by Crippen LogP contribution is -2.54. The fourth-order valence-corrected chi connectivity index (χ4v) is 2.22. The maximum Gasteiger partial charge on any atom is 0.220 e. The maximum atomic E-state index is 11.7. The maximum absolute atomic E-state index is 11.7. The summed E-state index contributed by atoms with van der Waals surface area (Å²) in [7, 11) is 0. The van der Waals surface area contributed by atoms with E-state index in [0.717, 1.165) is 19.3 Å². The molecule has 0 saturated carbocycles. The second kappa shape index (κ2) is 6.24. The second-order valence-electron chi connectivity index (χ2n) is 5.54. The Labute approximate surface area is 99.4 Å². The number of amides is 1. The molecular formula is C13H26N2O. The van der Waals surface area contributed by atoms with Gasteiger partial charge in [0.2, 0.25) is 5.91 Å². The van der Waals surface area contributed by atoms with Crippen LogP contribution in [0.2, 0.25) is 0 Å². The van der Waals surface area contributed by atoms with Gasteiger partial charge >= 0.3 is 0 Å². The van der Waals surface area contributed by atoms with Crippen LogP contribution < -0.4 is 10.6 Å². The summed E-state index contributed by atoms with van der Waals surface area (Å²) in [5.74, 6) is 0.814. The Morgan fingerprint density at radius 1 is 1.38 bits per heavy atom. The number of rotatable bonds is 4. The molecule has 0 aromatic rings. The Bertz CT molecular complexity index is 228. The van der Waals surface area contributed by atoms with Gasteiger partial charge in [0, 0.05) is 24.5 Å². The van der Waals surface area contributed by atoms with Crippen molar-refractivity contribution in [2.75, 3.05) is 0 Å². The third-order valence-electron chi connectivity index (χ3n) is 3.36. The smallest absolute Gasteiger partial charge is 0.220 e. The first-order chi connectivity index (χ1) is 7.49. The Kier molecular flexibility index (Phi) is 5.26. The normalized spacial score (nSPS) is 30.4. The van der Waals surface area contributed by atoms with Gasteiger partial charge in [-0.3, -0.25) is 4.79 Å². The topological polar surface area (TPSA) is 41.1 Å². The lowest BCUT2D eigenvalue weighted by molar-refractivity contribution is -0.122. The number of carbonyl (C=O) groups excluding carboxylic acids is 1.